The van der Waals surface area contributed by atoms with E-state index in [1.165, 1.54) is 24.3 Å². The number of nitrogens with zero attached hydrogens (tertiary/aromatic N) is 2. The Morgan fingerprint density at radius 3 is 2.48 bits per heavy atom. The second-order valence-corrected chi connectivity index (χ2v) is 10.3. The topological polar surface area (TPSA) is 106 Å². The molecule has 212 valence electrons. The Morgan fingerprint density at radius 1 is 1.18 bits per heavy atom. The third-order valence-electron chi connectivity index (χ3n) is 6.89. The van der Waals surface area contributed by atoms with Crippen LogP contribution in [0.25, 0.3) is 0 Å². The normalized spacial score (nSPS) is 15.5. The number of aromatic hydroxyl groups is 1. The molecule has 0 unspecified atom stereocenters. The number of rotatable bonds is 6. The second-order valence-electron chi connectivity index (χ2n) is 9.35. The number of fused-ring (bicyclic) bond motifs is 2. The number of Topliss-reactive ketones (excluding diaryl/α,β-unsaturated/α-hetero) is 1. The van der Waals surface area contributed by atoms with Crippen molar-refractivity contribution in [2.24, 2.45) is 0 Å². The highest BCUT2D eigenvalue weighted by Gasteiger charge is 2.44. The van der Waals surface area contributed by atoms with Crippen molar-refractivity contribution in [2.75, 3.05) is 12.4 Å². The van der Waals surface area contributed by atoms with Crippen LogP contribution in [0.5, 0.6) is 5.75 Å². The number of halogens is 5. The second kappa shape index (κ2) is 11.0. The molecule has 2 heterocycles. The molecule has 2 atom stereocenters. The van der Waals surface area contributed by atoms with Crippen molar-refractivity contribution in [3.05, 3.63) is 92.4 Å². The Kier molecular flexibility index (Phi) is 7.97. The predicted octanol–water partition coefficient (Wildman–Crippen LogP) is 4.97. The summed E-state index contributed by atoms with van der Waals surface area (Å²) in [6.45, 7) is 1.09. The number of ketones is 1. The summed E-state index contributed by atoms with van der Waals surface area (Å²) in [6, 6.07) is 6.10. The summed E-state index contributed by atoms with van der Waals surface area (Å²) in [5.74, 6) is 0.331. The van der Waals surface area contributed by atoms with Crippen LogP contribution in [0.1, 0.15) is 63.7 Å². The van der Waals surface area contributed by atoms with E-state index in [0.717, 1.165) is 24.9 Å². The molecule has 0 fully saturated rings. The first-order valence-electron chi connectivity index (χ1n) is 12.0. The molecule has 0 radical (unpaired) electrons. The number of nitrogen functional groups attached to an aromatic ring is 1. The number of carbonyl (C=O) groups excluding carboxylic acids is 2. The van der Waals surface area contributed by atoms with Gasteiger partial charge in [0, 0.05) is 29.3 Å². The standard InChI is InChI=1S/C27H24F5N3O4S/c1-13(36)18-11-35(33)22(24(38)23(18)37)26(39)34(14(2)27(30,31)32)10-9-16-17-6-4-8-20(29)25(17)40-12-15-5-3-7-19(28)21(15)16/h3-8,11,14,16,38H,9-10,12,33H2,1-2H3/t14-,16-/m1/s1. The molecule has 0 bridgehead atoms. The largest absolute Gasteiger partial charge is 0.502 e. The molecule has 1 amide bonds. The van der Waals surface area contributed by atoms with Crippen LogP contribution < -0.4 is 11.3 Å². The van der Waals surface area contributed by atoms with Crippen LogP contribution in [0.4, 0.5) is 22.0 Å². The highest BCUT2D eigenvalue weighted by Crippen LogP contribution is 2.44. The SMILES string of the molecule is CC(=O)c1cn(N)c(C(=O)N(CC[C@@H]2c3cccc(F)c3SCc3cccc(F)c32)[C@H](C)C(F)(F)F)c(O)c1=O. The zero-order chi connectivity index (χ0) is 29.5. The van der Waals surface area contributed by atoms with Crippen molar-refractivity contribution in [3.8, 4) is 5.75 Å². The molecule has 1 aromatic heterocycles. The molecule has 0 saturated carbocycles. The average Bonchev–Trinajstić information content (AvgIpc) is 3.04. The number of aromatic nitrogens is 1. The number of hydrogen-bond acceptors (Lipinski definition) is 6. The van der Waals surface area contributed by atoms with Gasteiger partial charge in [0.15, 0.2) is 17.2 Å². The fraction of sp³-hybridized carbons (Fsp3) is 0.296. The first kappa shape index (κ1) is 29.1. The van der Waals surface area contributed by atoms with Crippen molar-refractivity contribution in [3.63, 3.8) is 0 Å². The maximum Gasteiger partial charge on any atom is 0.408 e. The molecule has 0 aliphatic carbocycles. The van der Waals surface area contributed by atoms with Gasteiger partial charge in [-0.3, -0.25) is 19.1 Å². The summed E-state index contributed by atoms with van der Waals surface area (Å²) in [6.07, 6.45) is -4.45. The highest BCUT2D eigenvalue weighted by molar-refractivity contribution is 7.98. The Morgan fingerprint density at radius 2 is 1.82 bits per heavy atom. The predicted molar refractivity (Wildman–Crippen MR) is 138 cm³/mol. The zero-order valence-electron chi connectivity index (χ0n) is 21.3. The minimum Gasteiger partial charge on any atom is -0.502 e. The molecule has 7 nitrogen and oxygen atoms in total. The summed E-state index contributed by atoms with van der Waals surface area (Å²) in [4.78, 5) is 38.2. The van der Waals surface area contributed by atoms with E-state index in [1.807, 2.05) is 0 Å². The Hall–Kier alpha value is -3.87. The third-order valence-corrected chi connectivity index (χ3v) is 8.06. The number of benzene rings is 2. The smallest absolute Gasteiger partial charge is 0.408 e. The summed E-state index contributed by atoms with van der Waals surface area (Å²) >= 11 is 1.13. The molecule has 40 heavy (non-hydrogen) atoms. The van der Waals surface area contributed by atoms with Gasteiger partial charge in [0.2, 0.25) is 5.43 Å². The molecule has 1 aliphatic heterocycles. The van der Waals surface area contributed by atoms with E-state index < -0.39 is 70.4 Å². The van der Waals surface area contributed by atoms with E-state index in [2.05, 4.69) is 0 Å². The molecule has 3 aromatic rings. The van der Waals surface area contributed by atoms with Crippen LogP contribution in [0.15, 0.2) is 52.3 Å². The Balaban J connectivity index is 1.81. The van der Waals surface area contributed by atoms with Gasteiger partial charge in [0.05, 0.1) is 5.56 Å². The molecule has 2 aromatic carbocycles. The zero-order valence-corrected chi connectivity index (χ0v) is 22.1. The molecule has 13 heteroatoms. The number of thioether (sulfide) groups is 1. The molecule has 1 aliphatic rings. The number of hydrogen-bond donors (Lipinski definition) is 2. The van der Waals surface area contributed by atoms with E-state index in [-0.39, 0.29) is 22.6 Å². The number of amides is 1. The molecule has 3 N–H and O–H groups in total. The minimum absolute atomic E-state index is 0.177. The van der Waals surface area contributed by atoms with E-state index in [0.29, 0.717) is 27.6 Å². The summed E-state index contributed by atoms with van der Waals surface area (Å²) in [7, 11) is 0. The molecule has 4 rings (SSSR count). The van der Waals surface area contributed by atoms with Crippen molar-refractivity contribution >= 4 is 23.5 Å². The maximum atomic E-state index is 15.2. The van der Waals surface area contributed by atoms with Gasteiger partial charge in [-0.15, -0.1) is 11.8 Å². The van der Waals surface area contributed by atoms with Crippen LogP contribution in [0.3, 0.4) is 0 Å². The monoisotopic (exact) mass is 581 g/mol. The number of carbonyl (C=O) groups is 2. The van der Waals surface area contributed by atoms with E-state index in [4.69, 9.17) is 5.84 Å². The van der Waals surface area contributed by atoms with Gasteiger partial charge in [-0.25, -0.2) is 8.78 Å². The van der Waals surface area contributed by atoms with Gasteiger partial charge in [-0.1, -0.05) is 24.3 Å². The highest BCUT2D eigenvalue weighted by atomic mass is 32.2. The van der Waals surface area contributed by atoms with Crippen molar-refractivity contribution < 1.29 is 36.6 Å². The van der Waals surface area contributed by atoms with E-state index >= 15 is 4.39 Å². The molecule has 0 saturated heterocycles. The van der Waals surface area contributed by atoms with Crippen LogP contribution in [0, 0.1) is 11.6 Å². The third kappa shape index (κ3) is 5.29. The van der Waals surface area contributed by atoms with Gasteiger partial charge in [-0.05, 0) is 49.1 Å². The van der Waals surface area contributed by atoms with Crippen LogP contribution in [-0.2, 0) is 5.75 Å². The number of alkyl halides is 3. The number of pyridine rings is 1. The van der Waals surface area contributed by atoms with Crippen molar-refractivity contribution in [1.82, 2.24) is 9.58 Å². The van der Waals surface area contributed by atoms with Gasteiger partial charge in [-0.2, -0.15) is 13.2 Å². The Bertz CT molecular complexity index is 1560. The quantitative estimate of drug-likeness (QED) is 0.242. The van der Waals surface area contributed by atoms with Crippen molar-refractivity contribution in [1.29, 1.82) is 0 Å². The van der Waals surface area contributed by atoms with E-state index in [9.17, 15) is 37.1 Å². The Labute approximate surface area is 229 Å². The van der Waals surface area contributed by atoms with Gasteiger partial charge in [0.1, 0.15) is 17.7 Å². The van der Waals surface area contributed by atoms with Crippen LogP contribution in [0.2, 0.25) is 0 Å². The number of nitrogens with two attached hydrogens (primary N) is 1. The van der Waals surface area contributed by atoms with Gasteiger partial charge in [0.25, 0.3) is 5.91 Å². The summed E-state index contributed by atoms with van der Waals surface area (Å²) < 4.78 is 72.2. The lowest BCUT2D eigenvalue weighted by Crippen LogP contribution is -2.49. The van der Waals surface area contributed by atoms with Gasteiger partial charge < -0.3 is 15.8 Å². The van der Waals surface area contributed by atoms with E-state index in [1.54, 1.807) is 12.1 Å². The fourth-order valence-electron chi connectivity index (χ4n) is 4.79. The maximum absolute atomic E-state index is 15.2. The summed E-state index contributed by atoms with van der Waals surface area (Å²) in [5.41, 5.74) is -1.73. The van der Waals surface area contributed by atoms with Crippen LogP contribution in [-0.4, -0.2) is 45.1 Å². The lowest BCUT2D eigenvalue weighted by Gasteiger charge is -2.33. The van der Waals surface area contributed by atoms with Crippen molar-refractivity contribution in [2.45, 2.75) is 49.1 Å². The first-order chi connectivity index (χ1) is 18.7. The fourth-order valence-corrected chi connectivity index (χ4v) is 5.92. The lowest BCUT2D eigenvalue weighted by molar-refractivity contribution is -0.172. The molecular weight excluding hydrogens is 557 g/mol. The lowest BCUT2D eigenvalue weighted by atomic mass is 9.85. The minimum atomic E-state index is -4.93. The molecular formula is C27H24F5N3O4S. The first-order valence-corrected chi connectivity index (χ1v) is 13.0. The summed E-state index contributed by atoms with van der Waals surface area (Å²) in [5, 5.41) is 10.4. The molecule has 0 spiro atoms. The van der Waals surface area contributed by atoms with Crippen LogP contribution >= 0.6 is 11.8 Å². The average molecular weight is 582 g/mol. The van der Waals surface area contributed by atoms with Gasteiger partial charge >= 0.3 is 6.18 Å².